The smallest absolute Gasteiger partial charge is 0.254 e. The second-order valence-corrected chi connectivity index (χ2v) is 6.57. The molecule has 2 aromatic heterocycles. The van der Waals surface area contributed by atoms with Crippen molar-refractivity contribution in [2.24, 2.45) is 0 Å². The summed E-state index contributed by atoms with van der Waals surface area (Å²) in [7, 11) is 0. The van der Waals surface area contributed by atoms with E-state index in [-0.39, 0.29) is 11.8 Å². The summed E-state index contributed by atoms with van der Waals surface area (Å²) >= 11 is 1.56. The van der Waals surface area contributed by atoms with Gasteiger partial charge in [-0.15, -0.1) is 10.2 Å². The lowest BCUT2D eigenvalue weighted by atomic mass is 9.96. The third-order valence-corrected chi connectivity index (χ3v) is 4.68. The Morgan fingerprint density at radius 3 is 3.05 bits per heavy atom. The minimum Gasteiger partial charge on any atom is -0.338 e. The van der Waals surface area contributed by atoms with Gasteiger partial charge in [-0.2, -0.15) is 11.3 Å². The molecule has 3 heterocycles. The summed E-state index contributed by atoms with van der Waals surface area (Å²) in [6.07, 6.45) is 3.88. The minimum atomic E-state index is 0.136. The molecule has 0 bridgehead atoms. The molecule has 0 aliphatic carbocycles. The molecule has 0 aromatic carbocycles. The van der Waals surface area contributed by atoms with Gasteiger partial charge in [0.1, 0.15) is 12.2 Å². The molecule has 21 heavy (non-hydrogen) atoms. The van der Waals surface area contributed by atoms with Crippen LogP contribution in [0.3, 0.4) is 0 Å². The molecule has 1 amide bonds. The van der Waals surface area contributed by atoms with E-state index >= 15 is 0 Å². The second-order valence-electron chi connectivity index (χ2n) is 5.79. The van der Waals surface area contributed by atoms with Gasteiger partial charge in [-0.25, -0.2) is 0 Å². The number of aromatic nitrogens is 3. The summed E-state index contributed by atoms with van der Waals surface area (Å²) in [5.74, 6) is 1.43. The number of amides is 1. The number of carbonyl (C=O) groups excluding carboxylic acids is 1. The fourth-order valence-electron chi connectivity index (χ4n) is 2.88. The zero-order chi connectivity index (χ0) is 14.8. The molecule has 1 atom stereocenters. The van der Waals surface area contributed by atoms with Crippen LogP contribution in [0.1, 0.15) is 54.8 Å². The van der Waals surface area contributed by atoms with E-state index in [4.69, 9.17) is 0 Å². The lowest BCUT2D eigenvalue weighted by molar-refractivity contribution is 0.0703. The van der Waals surface area contributed by atoms with Gasteiger partial charge >= 0.3 is 0 Å². The molecule has 1 fully saturated rings. The van der Waals surface area contributed by atoms with Crippen molar-refractivity contribution in [2.45, 2.75) is 38.6 Å². The first kappa shape index (κ1) is 14.3. The first-order chi connectivity index (χ1) is 10.2. The number of likely N-dealkylation sites (tertiary alicyclic amines) is 1. The molecule has 1 saturated heterocycles. The van der Waals surface area contributed by atoms with Gasteiger partial charge in [0.05, 0.1) is 5.56 Å². The maximum absolute atomic E-state index is 12.5. The monoisotopic (exact) mass is 304 g/mol. The molecule has 3 rings (SSSR count). The first-order valence-electron chi connectivity index (χ1n) is 7.37. The predicted molar refractivity (Wildman–Crippen MR) is 82.6 cm³/mol. The average molecular weight is 304 g/mol. The van der Waals surface area contributed by atoms with Crippen LogP contribution in [0.25, 0.3) is 0 Å². The topological polar surface area (TPSA) is 51.0 Å². The minimum absolute atomic E-state index is 0.136. The molecule has 2 aromatic rings. The van der Waals surface area contributed by atoms with Gasteiger partial charge in [-0.3, -0.25) is 4.79 Å². The van der Waals surface area contributed by atoms with Crippen molar-refractivity contribution in [3.63, 3.8) is 0 Å². The Hall–Kier alpha value is -1.69. The van der Waals surface area contributed by atoms with Crippen molar-refractivity contribution in [1.29, 1.82) is 0 Å². The first-order valence-corrected chi connectivity index (χ1v) is 8.32. The van der Waals surface area contributed by atoms with Crippen LogP contribution in [0.5, 0.6) is 0 Å². The van der Waals surface area contributed by atoms with Gasteiger partial charge in [-0.1, -0.05) is 0 Å². The maximum Gasteiger partial charge on any atom is 0.254 e. The molecule has 1 aliphatic heterocycles. The van der Waals surface area contributed by atoms with Crippen molar-refractivity contribution in [3.8, 4) is 0 Å². The Balaban J connectivity index is 1.77. The molecule has 0 saturated carbocycles. The third kappa shape index (κ3) is 2.85. The Kier molecular flexibility index (Phi) is 4.05. The number of nitrogens with zero attached hydrogens (tertiary/aromatic N) is 4. The molecule has 5 nitrogen and oxygen atoms in total. The van der Waals surface area contributed by atoms with E-state index in [1.54, 1.807) is 17.7 Å². The molecular formula is C15H20N4OS. The van der Waals surface area contributed by atoms with E-state index in [0.29, 0.717) is 6.04 Å². The predicted octanol–water partition coefficient (Wildman–Crippen LogP) is 2.94. The number of hydrogen-bond acceptors (Lipinski definition) is 4. The molecule has 1 aliphatic rings. The SMILES string of the molecule is CC(C)n1cnnc1[C@@H]1CCCN(C(=O)c2ccsc2)C1. The van der Waals surface area contributed by atoms with E-state index in [2.05, 4.69) is 28.6 Å². The molecule has 0 spiro atoms. The summed E-state index contributed by atoms with van der Waals surface area (Å²) in [5, 5.41) is 12.2. The van der Waals surface area contributed by atoms with E-state index in [0.717, 1.165) is 37.3 Å². The van der Waals surface area contributed by atoms with E-state index in [1.165, 1.54) is 0 Å². The average Bonchev–Trinajstić information content (AvgIpc) is 3.17. The zero-order valence-corrected chi connectivity index (χ0v) is 13.2. The van der Waals surface area contributed by atoms with Crippen molar-refractivity contribution in [1.82, 2.24) is 19.7 Å². The summed E-state index contributed by atoms with van der Waals surface area (Å²) in [6.45, 7) is 5.83. The molecule has 112 valence electrons. The quantitative estimate of drug-likeness (QED) is 0.876. The van der Waals surface area contributed by atoms with Crippen LogP contribution in [0, 0.1) is 0 Å². The highest BCUT2D eigenvalue weighted by molar-refractivity contribution is 7.08. The van der Waals surface area contributed by atoms with Crippen LogP contribution < -0.4 is 0 Å². The number of hydrogen-bond donors (Lipinski definition) is 0. The van der Waals surface area contributed by atoms with Crippen molar-refractivity contribution >= 4 is 17.2 Å². The van der Waals surface area contributed by atoms with Crippen molar-refractivity contribution < 1.29 is 4.79 Å². The normalized spacial score (nSPS) is 19.2. The third-order valence-electron chi connectivity index (χ3n) is 4.00. The van der Waals surface area contributed by atoms with E-state index in [9.17, 15) is 4.79 Å². The van der Waals surface area contributed by atoms with Gasteiger partial charge in [-0.05, 0) is 38.1 Å². The van der Waals surface area contributed by atoms with Crippen LogP contribution >= 0.6 is 11.3 Å². The largest absolute Gasteiger partial charge is 0.338 e. The standard InChI is InChI=1S/C15H20N4OS/c1-11(2)19-10-16-17-14(19)12-4-3-6-18(8-12)15(20)13-5-7-21-9-13/h5,7,9-12H,3-4,6,8H2,1-2H3/t12-/m1/s1. The molecular weight excluding hydrogens is 284 g/mol. The molecule has 6 heteroatoms. The Morgan fingerprint density at radius 1 is 1.48 bits per heavy atom. The van der Waals surface area contributed by atoms with Crippen molar-refractivity contribution in [3.05, 3.63) is 34.5 Å². The highest BCUT2D eigenvalue weighted by Gasteiger charge is 2.28. The van der Waals surface area contributed by atoms with Crippen LogP contribution in [0.4, 0.5) is 0 Å². The van der Waals surface area contributed by atoms with Gasteiger partial charge in [0, 0.05) is 30.4 Å². The van der Waals surface area contributed by atoms with Crippen LogP contribution in [0.15, 0.2) is 23.2 Å². The fraction of sp³-hybridized carbons (Fsp3) is 0.533. The summed E-state index contributed by atoms with van der Waals surface area (Å²) in [5.41, 5.74) is 0.797. The van der Waals surface area contributed by atoms with Crippen molar-refractivity contribution in [2.75, 3.05) is 13.1 Å². The molecule has 0 radical (unpaired) electrons. The van der Waals surface area contributed by atoms with Gasteiger partial charge < -0.3 is 9.47 Å². The zero-order valence-electron chi connectivity index (χ0n) is 12.4. The highest BCUT2D eigenvalue weighted by atomic mass is 32.1. The number of thiophene rings is 1. The van der Waals surface area contributed by atoms with Crippen LogP contribution in [0.2, 0.25) is 0 Å². The Bertz CT molecular complexity index is 605. The van der Waals surface area contributed by atoms with Gasteiger partial charge in [0.2, 0.25) is 0 Å². The van der Waals surface area contributed by atoms with E-state index < -0.39 is 0 Å². The summed E-state index contributed by atoms with van der Waals surface area (Å²) in [6, 6.07) is 2.24. The second kappa shape index (κ2) is 5.97. The summed E-state index contributed by atoms with van der Waals surface area (Å²) < 4.78 is 2.11. The lowest BCUT2D eigenvalue weighted by Gasteiger charge is -2.32. The Labute approximate surface area is 128 Å². The lowest BCUT2D eigenvalue weighted by Crippen LogP contribution is -2.39. The molecule has 0 N–H and O–H groups in total. The Morgan fingerprint density at radius 2 is 2.33 bits per heavy atom. The molecule has 0 unspecified atom stereocenters. The fourth-order valence-corrected chi connectivity index (χ4v) is 3.51. The van der Waals surface area contributed by atoms with Crippen LogP contribution in [-0.4, -0.2) is 38.7 Å². The summed E-state index contributed by atoms with van der Waals surface area (Å²) in [4.78, 5) is 14.4. The van der Waals surface area contributed by atoms with Crippen LogP contribution in [-0.2, 0) is 0 Å². The number of piperidine rings is 1. The maximum atomic E-state index is 12.5. The number of carbonyl (C=O) groups is 1. The highest BCUT2D eigenvalue weighted by Crippen LogP contribution is 2.28. The van der Waals surface area contributed by atoms with E-state index in [1.807, 2.05) is 21.7 Å². The van der Waals surface area contributed by atoms with Gasteiger partial charge in [0.15, 0.2) is 0 Å². The van der Waals surface area contributed by atoms with Gasteiger partial charge in [0.25, 0.3) is 5.91 Å². The number of rotatable bonds is 3.